The summed E-state index contributed by atoms with van der Waals surface area (Å²) in [6.45, 7) is 5.37. The predicted octanol–water partition coefficient (Wildman–Crippen LogP) is 5.75. The smallest absolute Gasteiger partial charge is 0.255 e. The quantitative estimate of drug-likeness (QED) is 0.337. The number of hydrogen-bond donors (Lipinski definition) is 0. The van der Waals surface area contributed by atoms with Gasteiger partial charge in [-0.15, -0.1) is 11.3 Å². The first kappa shape index (κ1) is 22.8. The lowest BCUT2D eigenvalue weighted by molar-refractivity contribution is 0.0784. The molecule has 2 aromatic heterocycles. The lowest BCUT2D eigenvalue weighted by Crippen LogP contribution is -2.26. The minimum absolute atomic E-state index is 0.0211. The highest BCUT2D eigenvalue weighted by Crippen LogP contribution is 2.28. The van der Waals surface area contributed by atoms with E-state index in [1.54, 1.807) is 23.3 Å². The van der Waals surface area contributed by atoms with E-state index in [1.165, 1.54) is 5.56 Å². The predicted molar refractivity (Wildman–Crippen MR) is 134 cm³/mol. The fourth-order valence-corrected chi connectivity index (χ4v) is 4.62. The van der Waals surface area contributed by atoms with Crippen LogP contribution in [-0.4, -0.2) is 34.5 Å². The Kier molecular flexibility index (Phi) is 6.94. The maximum Gasteiger partial charge on any atom is 0.255 e. The summed E-state index contributed by atoms with van der Waals surface area (Å²) in [6, 6.07) is 20.2. The summed E-state index contributed by atoms with van der Waals surface area (Å²) in [5, 5.41) is 3.08. The van der Waals surface area contributed by atoms with E-state index in [0.717, 1.165) is 51.9 Å². The molecular weight excluding hydrogens is 430 g/mol. The molecule has 4 rings (SSSR count). The number of amides is 1. The van der Waals surface area contributed by atoms with Gasteiger partial charge in [0.2, 0.25) is 0 Å². The first-order valence-corrected chi connectivity index (χ1v) is 11.9. The van der Waals surface area contributed by atoms with Crippen LogP contribution < -0.4 is 4.74 Å². The van der Waals surface area contributed by atoms with Crippen LogP contribution in [0.3, 0.4) is 0 Å². The highest BCUT2D eigenvalue weighted by molar-refractivity contribution is 7.09. The Bertz CT molecular complexity index is 1230. The first-order valence-electron chi connectivity index (χ1n) is 11.0. The Hall–Kier alpha value is -3.38. The van der Waals surface area contributed by atoms with Crippen molar-refractivity contribution in [2.75, 3.05) is 14.2 Å². The number of aromatic nitrogens is 2. The third kappa shape index (κ3) is 5.17. The van der Waals surface area contributed by atoms with Gasteiger partial charge in [-0.1, -0.05) is 42.5 Å². The summed E-state index contributed by atoms with van der Waals surface area (Å²) in [5.74, 6) is 0.872. The molecule has 0 N–H and O–H groups in total. The Morgan fingerprint density at radius 2 is 1.79 bits per heavy atom. The number of rotatable bonds is 8. The third-order valence-electron chi connectivity index (χ3n) is 5.87. The van der Waals surface area contributed by atoms with E-state index in [-0.39, 0.29) is 5.91 Å². The maximum absolute atomic E-state index is 13.4. The zero-order valence-corrected chi connectivity index (χ0v) is 20.4. The van der Waals surface area contributed by atoms with Crippen LogP contribution >= 0.6 is 11.3 Å². The zero-order chi connectivity index (χ0) is 23.4. The second-order valence-corrected chi connectivity index (χ2v) is 9.24. The lowest BCUT2D eigenvalue weighted by Gasteiger charge is -2.17. The molecule has 0 saturated heterocycles. The van der Waals surface area contributed by atoms with E-state index in [2.05, 4.69) is 22.1 Å². The average Bonchev–Trinajstić information content (AvgIpc) is 3.41. The second kappa shape index (κ2) is 10.0. The molecule has 6 heteroatoms. The van der Waals surface area contributed by atoms with E-state index < -0.39 is 0 Å². The summed E-state index contributed by atoms with van der Waals surface area (Å²) in [6.07, 6.45) is 0.850. The van der Waals surface area contributed by atoms with Gasteiger partial charge in [0.1, 0.15) is 5.75 Å². The van der Waals surface area contributed by atoms with Crippen LogP contribution in [0.2, 0.25) is 0 Å². The zero-order valence-electron chi connectivity index (χ0n) is 19.5. The minimum Gasteiger partial charge on any atom is -0.497 e. The molecule has 33 heavy (non-hydrogen) atoms. The first-order chi connectivity index (χ1) is 16.0. The molecule has 170 valence electrons. The fourth-order valence-electron chi connectivity index (χ4n) is 4.01. The van der Waals surface area contributed by atoms with Crippen LogP contribution in [0.5, 0.6) is 5.75 Å². The number of methoxy groups -OCH3 is 1. The van der Waals surface area contributed by atoms with Gasteiger partial charge in [-0.2, -0.15) is 0 Å². The fraction of sp³-hybridized carbons (Fsp3) is 0.259. The number of hydrogen-bond acceptors (Lipinski definition) is 4. The Morgan fingerprint density at radius 1 is 1.06 bits per heavy atom. The van der Waals surface area contributed by atoms with Crippen molar-refractivity contribution in [1.82, 2.24) is 14.5 Å². The van der Waals surface area contributed by atoms with Crippen molar-refractivity contribution in [2.24, 2.45) is 0 Å². The SMILES string of the molecule is COc1ccc(CCn2c(-c3csc(C)n3)cc(C(=O)N(C)Cc3ccccc3)c2C)cc1. The van der Waals surface area contributed by atoms with Gasteiger partial charge in [-0.25, -0.2) is 4.98 Å². The monoisotopic (exact) mass is 459 g/mol. The molecule has 2 aromatic carbocycles. The van der Waals surface area contributed by atoms with Gasteiger partial charge in [-0.05, 0) is 49.6 Å². The third-order valence-corrected chi connectivity index (χ3v) is 6.64. The summed E-state index contributed by atoms with van der Waals surface area (Å²) < 4.78 is 7.50. The Morgan fingerprint density at radius 3 is 2.42 bits per heavy atom. The summed E-state index contributed by atoms with van der Waals surface area (Å²) in [7, 11) is 3.53. The van der Waals surface area contributed by atoms with Crippen LogP contribution in [0, 0.1) is 13.8 Å². The van der Waals surface area contributed by atoms with Crippen LogP contribution in [-0.2, 0) is 19.5 Å². The summed E-state index contributed by atoms with van der Waals surface area (Å²) in [5.41, 5.74) is 5.93. The molecule has 0 aliphatic carbocycles. The number of nitrogens with zero attached hydrogens (tertiary/aromatic N) is 3. The van der Waals surface area contributed by atoms with Crippen LogP contribution in [0.25, 0.3) is 11.4 Å². The van der Waals surface area contributed by atoms with Crippen molar-refractivity contribution >= 4 is 17.2 Å². The van der Waals surface area contributed by atoms with Gasteiger partial charge in [0.25, 0.3) is 5.91 Å². The van der Waals surface area contributed by atoms with Gasteiger partial charge >= 0.3 is 0 Å². The highest BCUT2D eigenvalue weighted by atomic mass is 32.1. The number of carbonyl (C=O) groups excluding carboxylic acids is 1. The van der Waals surface area contributed by atoms with Gasteiger partial charge < -0.3 is 14.2 Å². The van der Waals surface area contributed by atoms with Crippen molar-refractivity contribution in [2.45, 2.75) is 33.4 Å². The number of ether oxygens (including phenoxy) is 1. The standard InChI is InChI=1S/C27H29N3O2S/c1-19-24(27(31)29(3)17-22-8-6-5-7-9-22)16-26(25-18-33-20(2)28-25)30(19)15-14-21-10-12-23(32-4)13-11-21/h5-13,16,18H,14-15,17H2,1-4H3. The topological polar surface area (TPSA) is 47.4 Å². The molecule has 0 saturated carbocycles. The van der Waals surface area contributed by atoms with Gasteiger partial charge in [0, 0.05) is 31.2 Å². The lowest BCUT2D eigenvalue weighted by atomic mass is 10.1. The molecule has 1 amide bonds. The molecular formula is C27H29N3O2S. The molecule has 4 aromatic rings. The number of thiazole rings is 1. The largest absolute Gasteiger partial charge is 0.497 e. The van der Waals surface area contributed by atoms with Gasteiger partial charge in [0.05, 0.1) is 29.1 Å². The molecule has 0 radical (unpaired) electrons. The number of aryl methyl sites for hydroxylation is 2. The minimum atomic E-state index is 0.0211. The number of carbonyl (C=O) groups is 1. The molecule has 0 spiro atoms. The van der Waals surface area contributed by atoms with Crippen molar-refractivity contribution in [1.29, 1.82) is 0 Å². The highest BCUT2D eigenvalue weighted by Gasteiger charge is 2.22. The summed E-state index contributed by atoms with van der Waals surface area (Å²) >= 11 is 1.62. The maximum atomic E-state index is 13.4. The van der Waals surface area contributed by atoms with Crippen molar-refractivity contribution < 1.29 is 9.53 Å². The Labute approximate surface area is 199 Å². The second-order valence-electron chi connectivity index (χ2n) is 8.18. The molecule has 0 bridgehead atoms. The molecule has 0 atom stereocenters. The number of benzene rings is 2. The molecule has 2 heterocycles. The van der Waals surface area contributed by atoms with Crippen molar-refractivity contribution in [3.05, 3.63) is 93.4 Å². The van der Waals surface area contributed by atoms with Gasteiger partial charge in [-0.3, -0.25) is 4.79 Å². The Balaban J connectivity index is 1.62. The van der Waals surface area contributed by atoms with Gasteiger partial charge in [0.15, 0.2) is 0 Å². The van der Waals surface area contributed by atoms with Crippen LogP contribution in [0.1, 0.15) is 32.2 Å². The van der Waals surface area contributed by atoms with E-state index in [4.69, 9.17) is 9.72 Å². The van der Waals surface area contributed by atoms with Crippen molar-refractivity contribution in [3.63, 3.8) is 0 Å². The average molecular weight is 460 g/mol. The van der Waals surface area contributed by atoms with Crippen molar-refractivity contribution in [3.8, 4) is 17.1 Å². The summed E-state index contributed by atoms with van der Waals surface area (Å²) in [4.78, 5) is 19.9. The van der Waals surface area contributed by atoms with E-state index in [9.17, 15) is 4.79 Å². The van der Waals surface area contributed by atoms with Crippen LogP contribution in [0.15, 0.2) is 66.0 Å². The van der Waals surface area contributed by atoms with Crippen LogP contribution in [0.4, 0.5) is 0 Å². The normalized spacial score (nSPS) is 10.9. The van der Waals surface area contributed by atoms with E-state index in [0.29, 0.717) is 6.54 Å². The van der Waals surface area contributed by atoms with E-state index >= 15 is 0 Å². The molecule has 0 unspecified atom stereocenters. The molecule has 0 aliphatic heterocycles. The molecule has 5 nitrogen and oxygen atoms in total. The van der Waals surface area contributed by atoms with E-state index in [1.807, 2.05) is 69.4 Å². The molecule has 0 aliphatic rings. The molecule has 0 fully saturated rings.